The number of likely N-dealkylation sites (tertiary alicyclic amines) is 1. The van der Waals surface area contributed by atoms with Crippen LogP contribution in [-0.4, -0.2) is 66.5 Å². The van der Waals surface area contributed by atoms with Gasteiger partial charge in [0.05, 0.1) is 30.9 Å². The predicted octanol–water partition coefficient (Wildman–Crippen LogP) is 1.85. The molecule has 8 nitrogen and oxygen atoms in total. The van der Waals surface area contributed by atoms with Crippen molar-refractivity contribution >= 4 is 26.7 Å². The van der Waals surface area contributed by atoms with E-state index in [2.05, 4.69) is 20.1 Å². The van der Waals surface area contributed by atoms with Crippen molar-refractivity contribution < 1.29 is 21.6 Å². The highest BCUT2D eigenvalue weighted by molar-refractivity contribution is 7.88. The number of hydrogen-bond acceptors (Lipinski definition) is 6. The zero-order valence-electron chi connectivity index (χ0n) is 15.8. The monoisotopic (exact) mass is 432 g/mol. The van der Waals surface area contributed by atoms with Gasteiger partial charge in [0.25, 0.3) is 0 Å². The van der Waals surface area contributed by atoms with Gasteiger partial charge < -0.3 is 10.4 Å². The highest BCUT2D eigenvalue weighted by atomic mass is 32.2. The lowest BCUT2D eigenvalue weighted by Gasteiger charge is -2.39. The van der Waals surface area contributed by atoms with E-state index in [1.54, 1.807) is 12.4 Å². The van der Waals surface area contributed by atoms with Crippen molar-refractivity contribution in [2.75, 3.05) is 31.3 Å². The Morgan fingerprint density at radius 1 is 1.34 bits per heavy atom. The van der Waals surface area contributed by atoms with E-state index in [1.165, 1.54) is 4.90 Å². The summed E-state index contributed by atoms with van der Waals surface area (Å²) in [6.45, 7) is 0.0730. The molecule has 0 spiro atoms. The van der Waals surface area contributed by atoms with Gasteiger partial charge in [-0.1, -0.05) is 0 Å². The molecule has 2 aliphatic heterocycles. The van der Waals surface area contributed by atoms with Crippen molar-refractivity contribution in [2.45, 2.75) is 31.7 Å². The van der Waals surface area contributed by atoms with Crippen LogP contribution in [0.2, 0.25) is 0 Å². The number of halogens is 3. The third-order valence-corrected chi connectivity index (χ3v) is 6.11. The number of hydrazine groups is 1. The fraction of sp³-hybridized carbons (Fsp3) is 0.588. The average Bonchev–Trinajstić information content (AvgIpc) is 3.24. The van der Waals surface area contributed by atoms with E-state index in [1.807, 2.05) is 11.1 Å². The normalized spacial score (nSPS) is 20.7. The topological polar surface area (TPSA) is 93.4 Å². The van der Waals surface area contributed by atoms with Gasteiger partial charge in [0.1, 0.15) is 5.65 Å². The molecule has 0 aliphatic carbocycles. The van der Waals surface area contributed by atoms with Crippen molar-refractivity contribution in [1.82, 2.24) is 24.6 Å². The van der Waals surface area contributed by atoms with Crippen LogP contribution in [0, 0.1) is 5.92 Å². The molecule has 4 rings (SSSR count). The number of alkyl halides is 3. The number of piperidine rings is 1. The van der Waals surface area contributed by atoms with Crippen molar-refractivity contribution in [3.8, 4) is 0 Å². The zero-order valence-corrected chi connectivity index (χ0v) is 16.6. The van der Waals surface area contributed by atoms with E-state index in [0.717, 1.165) is 28.5 Å². The molecule has 1 atom stereocenters. The second kappa shape index (κ2) is 7.42. The maximum absolute atomic E-state index is 12.7. The van der Waals surface area contributed by atoms with Crippen molar-refractivity contribution in [1.29, 1.82) is 0 Å². The molecule has 2 aromatic heterocycles. The molecule has 29 heavy (non-hydrogen) atoms. The van der Waals surface area contributed by atoms with Gasteiger partial charge in [0.15, 0.2) is 0 Å². The summed E-state index contributed by atoms with van der Waals surface area (Å²) < 4.78 is 64.6. The summed E-state index contributed by atoms with van der Waals surface area (Å²) >= 11 is 0. The molecule has 2 aliphatic rings. The van der Waals surface area contributed by atoms with Gasteiger partial charge in [-0.3, -0.25) is 4.90 Å². The number of fused-ring (bicyclic) bond motifs is 3. The first-order valence-corrected chi connectivity index (χ1v) is 11.2. The first kappa shape index (κ1) is 20.4. The Morgan fingerprint density at radius 2 is 2.07 bits per heavy atom. The Hall–Kier alpha value is -1.89. The minimum absolute atomic E-state index is 0.120. The molecule has 12 heteroatoms. The number of aromatic amines is 1. The van der Waals surface area contributed by atoms with Crippen molar-refractivity contribution in [2.24, 2.45) is 5.92 Å². The molecule has 0 saturated carbocycles. The Kier molecular flexibility index (Phi) is 5.21. The largest absolute Gasteiger partial charge is 0.401 e. The van der Waals surface area contributed by atoms with Crippen LogP contribution in [0.5, 0.6) is 0 Å². The molecule has 1 fully saturated rings. The third kappa shape index (κ3) is 4.65. The Balaban J connectivity index is 1.51. The summed E-state index contributed by atoms with van der Waals surface area (Å²) in [7, 11) is -3.52. The Morgan fingerprint density at radius 3 is 2.72 bits per heavy atom. The summed E-state index contributed by atoms with van der Waals surface area (Å²) in [6.07, 6.45) is 0.712. The molecule has 1 unspecified atom stereocenters. The number of nitrogens with zero attached hydrogens (tertiary/aromatic N) is 3. The Bertz CT molecular complexity index is 985. The van der Waals surface area contributed by atoms with Gasteiger partial charge in [-0.25, -0.2) is 18.4 Å². The van der Waals surface area contributed by atoms with Gasteiger partial charge in [-0.15, -0.1) is 0 Å². The summed E-state index contributed by atoms with van der Waals surface area (Å²) in [5.74, 6) is -0.120. The number of sulfonamides is 1. The molecular formula is C17H23F3N6O2S. The van der Waals surface area contributed by atoms with Crippen LogP contribution >= 0.6 is 0 Å². The van der Waals surface area contributed by atoms with E-state index >= 15 is 0 Å². The zero-order chi connectivity index (χ0) is 20.8. The van der Waals surface area contributed by atoms with E-state index in [0.29, 0.717) is 19.4 Å². The summed E-state index contributed by atoms with van der Waals surface area (Å²) in [5.41, 5.74) is 5.78. The highest BCUT2D eigenvalue weighted by Crippen LogP contribution is 2.34. The molecule has 0 aromatic carbocycles. The Labute approximate surface area is 166 Å². The molecule has 3 N–H and O–H groups in total. The highest BCUT2D eigenvalue weighted by Gasteiger charge is 2.38. The first-order valence-electron chi connectivity index (χ1n) is 9.34. The van der Waals surface area contributed by atoms with Crippen molar-refractivity contribution in [3.05, 3.63) is 24.0 Å². The molecule has 0 amide bonds. The summed E-state index contributed by atoms with van der Waals surface area (Å²) in [5, 5.41) is 2.76. The van der Waals surface area contributed by atoms with Gasteiger partial charge in [-0.2, -0.15) is 17.9 Å². The number of anilines is 1. The van der Waals surface area contributed by atoms with Crippen LogP contribution in [0.25, 0.3) is 11.0 Å². The van der Waals surface area contributed by atoms with E-state index in [-0.39, 0.29) is 19.0 Å². The molecule has 0 bridgehead atoms. The number of nitrogens with one attached hydrogen (secondary N) is 3. The second-order valence-electron chi connectivity index (χ2n) is 7.69. The second-order valence-corrected chi connectivity index (χ2v) is 9.47. The fourth-order valence-corrected chi connectivity index (χ4v) is 4.93. The molecule has 1 saturated heterocycles. The lowest BCUT2D eigenvalue weighted by Crippen LogP contribution is -2.55. The maximum atomic E-state index is 12.7. The van der Waals surface area contributed by atoms with Crippen LogP contribution in [0.15, 0.2) is 18.5 Å². The number of aromatic nitrogens is 2. The minimum Gasteiger partial charge on any atom is -0.346 e. The predicted molar refractivity (Wildman–Crippen MR) is 102 cm³/mol. The number of H-pyrrole nitrogens is 1. The van der Waals surface area contributed by atoms with Crippen molar-refractivity contribution in [3.63, 3.8) is 0 Å². The van der Waals surface area contributed by atoms with Gasteiger partial charge in [-0.05, 0) is 37.9 Å². The lowest BCUT2D eigenvalue weighted by atomic mass is 9.93. The van der Waals surface area contributed by atoms with Crippen LogP contribution in [0.3, 0.4) is 0 Å². The molecule has 2 aromatic rings. The number of hydrogen-bond donors (Lipinski definition) is 3. The van der Waals surface area contributed by atoms with Crippen LogP contribution < -0.4 is 10.1 Å². The van der Waals surface area contributed by atoms with E-state index in [9.17, 15) is 21.6 Å². The smallest absolute Gasteiger partial charge is 0.346 e. The maximum Gasteiger partial charge on any atom is 0.401 e. The van der Waals surface area contributed by atoms with Crippen LogP contribution in [0.4, 0.5) is 18.9 Å². The molecular weight excluding hydrogens is 409 g/mol. The van der Waals surface area contributed by atoms with Crippen LogP contribution in [0.1, 0.15) is 18.4 Å². The van der Waals surface area contributed by atoms with Crippen LogP contribution in [-0.2, 0) is 16.6 Å². The summed E-state index contributed by atoms with van der Waals surface area (Å²) in [4.78, 5) is 8.76. The average molecular weight is 432 g/mol. The van der Waals surface area contributed by atoms with E-state index in [4.69, 9.17) is 0 Å². The SMILES string of the molecule is CS(=O)(=O)NC(C1CCN(CC(F)(F)F)CC1)N1Cc2c(cnc3[nH]ccc23)N1. The molecule has 4 heterocycles. The first-order chi connectivity index (χ1) is 13.6. The fourth-order valence-electron chi connectivity index (χ4n) is 4.18. The lowest BCUT2D eigenvalue weighted by molar-refractivity contribution is -0.149. The number of rotatable bonds is 5. The standard InChI is InChI=1S/C17H23F3N6O2S/c1-29(27,28)24-16(11-3-6-25(7-4-11)10-17(18,19)20)26-9-13-12-2-5-21-15(12)22-8-14(13)23-26/h2,5,8,11,16,23-24H,3-4,6-7,9-10H2,1H3,(H,21,22). The molecule has 0 radical (unpaired) electrons. The van der Waals surface area contributed by atoms with Gasteiger partial charge >= 0.3 is 6.18 Å². The third-order valence-electron chi connectivity index (χ3n) is 5.44. The molecule has 160 valence electrons. The van der Waals surface area contributed by atoms with E-state index < -0.39 is 28.9 Å². The quantitative estimate of drug-likeness (QED) is 0.668. The summed E-state index contributed by atoms with van der Waals surface area (Å²) in [6, 6.07) is 1.92. The minimum atomic E-state index is -4.23. The number of pyridine rings is 1. The van der Waals surface area contributed by atoms with Gasteiger partial charge in [0, 0.05) is 23.7 Å². The van der Waals surface area contributed by atoms with Gasteiger partial charge in [0.2, 0.25) is 10.0 Å².